The Bertz CT molecular complexity index is 709. The van der Waals surface area contributed by atoms with E-state index >= 15 is 0 Å². The van der Waals surface area contributed by atoms with Gasteiger partial charge in [0.05, 0.1) is 11.7 Å². The van der Waals surface area contributed by atoms with Gasteiger partial charge in [0, 0.05) is 6.54 Å². The van der Waals surface area contributed by atoms with Crippen LogP contribution in [0, 0.1) is 12.8 Å². The first-order valence-corrected chi connectivity index (χ1v) is 8.40. The SMILES string of the molecule is Cc1nn(CCC(C)C)c2c(=O)n(C3CCCCC3)nnc12. The zero-order valence-electron chi connectivity index (χ0n) is 13.7. The lowest BCUT2D eigenvalue weighted by atomic mass is 9.96. The Balaban J connectivity index is 2.04. The van der Waals surface area contributed by atoms with Gasteiger partial charge in [-0.25, -0.2) is 4.68 Å². The molecule has 0 saturated heterocycles. The summed E-state index contributed by atoms with van der Waals surface area (Å²) in [6.45, 7) is 7.01. The molecule has 6 heteroatoms. The van der Waals surface area contributed by atoms with E-state index < -0.39 is 0 Å². The second-order valence-electron chi connectivity index (χ2n) is 6.82. The lowest BCUT2D eigenvalue weighted by molar-refractivity contribution is 0.311. The highest BCUT2D eigenvalue weighted by atomic mass is 16.1. The van der Waals surface area contributed by atoms with Gasteiger partial charge in [0.2, 0.25) is 0 Å². The molecule has 0 radical (unpaired) electrons. The third kappa shape index (κ3) is 2.78. The normalized spacial score (nSPS) is 16.7. The maximum Gasteiger partial charge on any atom is 0.296 e. The minimum atomic E-state index is -0.0266. The number of fused-ring (bicyclic) bond motifs is 1. The predicted octanol–water partition coefficient (Wildman–Crippen LogP) is 2.85. The summed E-state index contributed by atoms with van der Waals surface area (Å²) < 4.78 is 3.44. The topological polar surface area (TPSA) is 65.6 Å². The molecule has 1 saturated carbocycles. The van der Waals surface area contributed by atoms with E-state index in [-0.39, 0.29) is 11.6 Å². The highest BCUT2D eigenvalue weighted by Gasteiger charge is 2.22. The van der Waals surface area contributed by atoms with E-state index in [2.05, 4.69) is 29.3 Å². The number of aromatic nitrogens is 5. The van der Waals surface area contributed by atoms with Gasteiger partial charge in [0.25, 0.3) is 5.56 Å². The first-order valence-electron chi connectivity index (χ1n) is 8.40. The van der Waals surface area contributed by atoms with Crippen LogP contribution in [0.15, 0.2) is 4.79 Å². The molecule has 22 heavy (non-hydrogen) atoms. The number of nitrogens with zero attached hydrogens (tertiary/aromatic N) is 5. The number of rotatable bonds is 4. The first kappa shape index (κ1) is 15.2. The molecule has 6 nitrogen and oxygen atoms in total. The maximum absolute atomic E-state index is 12.9. The Hall–Kier alpha value is -1.72. The van der Waals surface area contributed by atoms with E-state index in [1.807, 2.05) is 11.6 Å². The van der Waals surface area contributed by atoms with Crippen LogP contribution < -0.4 is 5.56 Å². The minimum absolute atomic E-state index is 0.0266. The van der Waals surface area contributed by atoms with Crippen molar-refractivity contribution in [1.29, 1.82) is 0 Å². The van der Waals surface area contributed by atoms with Crippen molar-refractivity contribution in [2.45, 2.75) is 71.9 Å². The van der Waals surface area contributed by atoms with Crippen molar-refractivity contribution in [1.82, 2.24) is 24.8 Å². The van der Waals surface area contributed by atoms with Crippen LogP contribution in [0.25, 0.3) is 11.0 Å². The minimum Gasteiger partial charge on any atom is -0.265 e. The van der Waals surface area contributed by atoms with E-state index in [1.165, 1.54) is 19.3 Å². The van der Waals surface area contributed by atoms with Crippen molar-refractivity contribution < 1.29 is 0 Å². The fourth-order valence-corrected chi connectivity index (χ4v) is 3.25. The van der Waals surface area contributed by atoms with Crippen molar-refractivity contribution in [2.24, 2.45) is 5.92 Å². The molecule has 0 N–H and O–H groups in total. The van der Waals surface area contributed by atoms with Gasteiger partial charge in [-0.1, -0.05) is 38.3 Å². The molecule has 120 valence electrons. The standard InChI is InChI=1S/C16H25N5O/c1-11(2)9-10-20-15-14(12(3)18-20)17-19-21(16(15)22)13-7-5-4-6-8-13/h11,13H,4-10H2,1-3H3. The van der Waals surface area contributed by atoms with E-state index in [4.69, 9.17) is 0 Å². The van der Waals surface area contributed by atoms with Crippen LogP contribution in [-0.2, 0) is 6.54 Å². The maximum atomic E-state index is 12.9. The largest absolute Gasteiger partial charge is 0.296 e. The Kier molecular flexibility index (Phi) is 4.27. The molecule has 3 rings (SSSR count). The van der Waals surface area contributed by atoms with E-state index in [0.717, 1.165) is 31.5 Å². The molecule has 1 fully saturated rings. The lowest BCUT2D eigenvalue weighted by Crippen LogP contribution is -2.30. The molecule has 2 aromatic rings. The van der Waals surface area contributed by atoms with E-state index in [9.17, 15) is 4.79 Å². The number of aryl methyl sites for hydroxylation is 2. The third-order valence-electron chi connectivity index (χ3n) is 4.59. The van der Waals surface area contributed by atoms with E-state index in [1.54, 1.807) is 4.68 Å². The summed E-state index contributed by atoms with van der Waals surface area (Å²) in [4.78, 5) is 12.9. The molecule has 0 atom stereocenters. The van der Waals surface area contributed by atoms with Crippen molar-refractivity contribution in [2.75, 3.05) is 0 Å². The van der Waals surface area contributed by atoms with Gasteiger partial charge >= 0.3 is 0 Å². The summed E-state index contributed by atoms with van der Waals surface area (Å²) in [5, 5.41) is 13.0. The average molecular weight is 303 g/mol. The Morgan fingerprint density at radius 1 is 1.23 bits per heavy atom. The molecule has 1 aliphatic carbocycles. The van der Waals surface area contributed by atoms with Gasteiger partial charge < -0.3 is 0 Å². The Morgan fingerprint density at radius 3 is 2.64 bits per heavy atom. The van der Waals surface area contributed by atoms with Crippen molar-refractivity contribution in [3.8, 4) is 0 Å². The van der Waals surface area contributed by atoms with Gasteiger partial charge in [-0.05, 0) is 32.1 Å². The fourth-order valence-electron chi connectivity index (χ4n) is 3.25. The smallest absolute Gasteiger partial charge is 0.265 e. The number of hydrogen-bond donors (Lipinski definition) is 0. The highest BCUT2D eigenvalue weighted by Crippen LogP contribution is 2.26. The zero-order chi connectivity index (χ0) is 15.7. The van der Waals surface area contributed by atoms with Crippen molar-refractivity contribution >= 4 is 11.0 Å². The first-order chi connectivity index (χ1) is 10.6. The van der Waals surface area contributed by atoms with Crippen LogP contribution in [0.5, 0.6) is 0 Å². The molecule has 1 aliphatic rings. The summed E-state index contributed by atoms with van der Waals surface area (Å²) in [6, 6.07) is 0.201. The highest BCUT2D eigenvalue weighted by molar-refractivity contribution is 5.75. The summed E-state index contributed by atoms with van der Waals surface area (Å²) in [6.07, 6.45) is 6.65. The molecule has 0 bridgehead atoms. The van der Waals surface area contributed by atoms with Gasteiger partial charge in [-0.15, -0.1) is 5.10 Å². The Morgan fingerprint density at radius 2 is 1.95 bits per heavy atom. The van der Waals surface area contributed by atoms with Crippen LogP contribution >= 0.6 is 0 Å². The summed E-state index contributed by atoms with van der Waals surface area (Å²) in [5.74, 6) is 0.579. The second kappa shape index (κ2) is 6.18. The summed E-state index contributed by atoms with van der Waals surface area (Å²) >= 11 is 0. The molecule has 2 aromatic heterocycles. The quantitative estimate of drug-likeness (QED) is 0.871. The average Bonchev–Trinajstić information content (AvgIpc) is 2.84. The molecule has 2 heterocycles. The molecule has 0 unspecified atom stereocenters. The zero-order valence-corrected chi connectivity index (χ0v) is 13.7. The van der Waals surface area contributed by atoms with Gasteiger partial charge in [-0.3, -0.25) is 9.48 Å². The van der Waals surface area contributed by atoms with Crippen LogP contribution in [-0.4, -0.2) is 24.8 Å². The number of hydrogen-bond acceptors (Lipinski definition) is 4. The third-order valence-corrected chi connectivity index (χ3v) is 4.59. The molecular formula is C16H25N5O. The lowest BCUT2D eigenvalue weighted by Gasteiger charge is -2.21. The molecule has 0 spiro atoms. The van der Waals surface area contributed by atoms with Crippen LogP contribution in [0.3, 0.4) is 0 Å². The van der Waals surface area contributed by atoms with Gasteiger partial charge in [0.1, 0.15) is 5.52 Å². The molecular weight excluding hydrogens is 278 g/mol. The molecule has 0 amide bonds. The summed E-state index contributed by atoms with van der Waals surface area (Å²) in [5.41, 5.74) is 2.04. The van der Waals surface area contributed by atoms with Crippen LogP contribution in [0.4, 0.5) is 0 Å². The Labute approximate surface area is 130 Å². The molecule has 0 aromatic carbocycles. The second-order valence-corrected chi connectivity index (χ2v) is 6.82. The van der Waals surface area contributed by atoms with Gasteiger partial charge in [0.15, 0.2) is 5.52 Å². The summed E-state index contributed by atoms with van der Waals surface area (Å²) in [7, 11) is 0. The van der Waals surface area contributed by atoms with E-state index in [0.29, 0.717) is 17.0 Å². The molecule has 0 aliphatic heterocycles. The van der Waals surface area contributed by atoms with Crippen molar-refractivity contribution in [3.05, 3.63) is 16.0 Å². The van der Waals surface area contributed by atoms with Crippen LogP contribution in [0.2, 0.25) is 0 Å². The monoisotopic (exact) mass is 303 g/mol. The van der Waals surface area contributed by atoms with Crippen LogP contribution in [0.1, 0.15) is 64.1 Å². The van der Waals surface area contributed by atoms with Gasteiger partial charge in [-0.2, -0.15) is 5.10 Å². The fraction of sp³-hybridized carbons (Fsp3) is 0.750. The predicted molar refractivity (Wildman–Crippen MR) is 85.9 cm³/mol. The van der Waals surface area contributed by atoms with Crippen molar-refractivity contribution in [3.63, 3.8) is 0 Å².